The molecule has 2 atom stereocenters. The van der Waals surface area contributed by atoms with Crippen LogP contribution in [0.25, 0.3) is 9.88 Å². The second-order valence-electron chi connectivity index (χ2n) is 6.14. The quantitative estimate of drug-likeness (QED) is 0.690. The Morgan fingerprint density at radius 3 is 3.20 bits per heavy atom. The van der Waals surface area contributed by atoms with Crippen molar-refractivity contribution in [3.8, 4) is 9.88 Å². The van der Waals surface area contributed by atoms with Gasteiger partial charge in [0.15, 0.2) is 0 Å². The van der Waals surface area contributed by atoms with E-state index in [4.69, 9.17) is 4.74 Å². The zero-order valence-corrected chi connectivity index (χ0v) is 14.9. The minimum atomic E-state index is -0.0234. The molecule has 3 aromatic rings. The summed E-state index contributed by atoms with van der Waals surface area (Å²) < 4.78 is 7.81. The number of carbonyl (C=O) groups is 1. The van der Waals surface area contributed by atoms with Gasteiger partial charge in [-0.3, -0.25) is 4.79 Å². The van der Waals surface area contributed by atoms with E-state index in [0.717, 1.165) is 22.0 Å². The Kier molecular flexibility index (Phi) is 3.65. The molecule has 0 radical (unpaired) electrons. The zero-order chi connectivity index (χ0) is 16.8. The first-order valence-electron chi connectivity index (χ1n) is 8.09. The third kappa shape index (κ3) is 2.59. The van der Waals surface area contributed by atoms with Gasteiger partial charge in [-0.25, -0.2) is 9.67 Å². The van der Waals surface area contributed by atoms with Crippen molar-refractivity contribution in [2.45, 2.75) is 25.2 Å². The van der Waals surface area contributed by atoms with Crippen LogP contribution >= 0.6 is 22.7 Å². The average molecular weight is 373 g/mol. The summed E-state index contributed by atoms with van der Waals surface area (Å²) in [6, 6.07) is 4.04. The van der Waals surface area contributed by atoms with Crippen LogP contribution in [0, 0.1) is 0 Å². The Bertz CT molecular complexity index is 903. The van der Waals surface area contributed by atoms with Crippen LogP contribution in [0.5, 0.6) is 0 Å². The molecule has 0 spiro atoms. The molecule has 7 nitrogen and oxygen atoms in total. The minimum absolute atomic E-state index is 0.0234. The molecule has 0 saturated carbocycles. The summed E-state index contributed by atoms with van der Waals surface area (Å²) in [5.74, 6) is -0.0234. The summed E-state index contributed by atoms with van der Waals surface area (Å²) in [6.07, 6.45) is 2.62. The molecule has 25 heavy (non-hydrogen) atoms. The molecule has 5 heterocycles. The van der Waals surface area contributed by atoms with E-state index in [0.29, 0.717) is 25.4 Å². The molecule has 2 aliphatic heterocycles. The van der Waals surface area contributed by atoms with E-state index >= 15 is 0 Å². The molecule has 2 unspecified atom stereocenters. The number of hydrogen-bond donors (Lipinski definition) is 0. The van der Waals surface area contributed by atoms with Gasteiger partial charge in [0.1, 0.15) is 10.7 Å². The van der Waals surface area contributed by atoms with Crippen LogP contribution in [0.2, 0.25) is 0 Å². The number of thiophene rings is 1. The summed E-state index contributed by atoms with van der Waals surface area (Å²) in [7, 11) is 0. The second kappa shape index (κ2) is 6.01. The molecule has 128 valence electrons. The number of amides is 1. The number of ether oxygens (including phenoxy) is 1. The summed E-state index contributed by atoms with van der Waals surface area (Å²) in [5, 5.41) is 12.9. The van der Waals surface area contributed by atoms with Crippen molar-refractivity contribution in [2.75, 3.05) is 13.1 Å². The summed E-state index contributed by atoms with van der Waals surface area (Å²) >= 11 is 3.14. The summed E-state index contributed by atoms with van der Waals surface area (Å²) in [5.41, 5.74) is 1.48. The van der Waals surface area contributed by atoms with Crippen molar-refractivity contribution in [3.05, 3.63) is 40.5 Å². The minimum Gasteiger partial charge on any atom is -0.370 e. The normalized spacial score (nSPS) is 22.5. The Morgan fingerprint density at radius 1 is 1.36 bits per heavy atom. The lowest BCUT2D eigenvalue weighted by atomic mass is 10.00. The van der Waals surface area contributed by atoms with Crippen LogP contribution in [-0.2, 0) is 11.3 Å². The molecule has 1 saturated heterocycles. The molecule has 5 rings (SSSR count). The Labute approximate surface area is 151 Å². The van der Waals surface area contributed by atoms with E-state index in [2.05, 4.69) is 15.3 Å². The van der Waals surface area contributed by atoms with Gasteiger partial charge in [-0.1, -0.05) is 11.3 Å². The molecule has 1 amide bonds. The van der Waals surface area contributed by atoms with Crippen molar-refractivity contribution in [1.29, 1.82) is 0 Å². The van der Waals surface area contributed by atoms with Gasteiger partial charge in [0.05, 0.1) is 35.5 Å². The molecule has 0 aromatic carbocycles. The second-order valence-corrected chi connectivity index (χ2v) is 7.95. The van der Waals surface area contributed by atoms with Crippen LogP contribution in [0.1, 0.15) is 28.6 Å². The van der Waals surface area contributed by atoms with Crippen molar-refractivity contribution < 1.29 is 9.53 Å². The number of aromatic nitrogens is 4. The number of hydrogen-bond acceptors (Lipinski definition) is 7. The first-order valence-corrected chi connectivity index (χ1v) is 9.85. The number of likely N-dealkylation sites (tertiary alicyclic amines) is 1. The molecule has 1 fully saturated rings. The molecule has 2 aliphatic rings. The largest absolute Gasteiger partial charge is 0.370 e. The van der Waals surface area contributed by atoms with E-state index in [1.807, 2.05) is 32.5 Å². The molecular weight excluding hydrogens is 358 g/mol. The van der Waals surface area contributed by atoms with Gasteiger partial charge < -0.3 is 9.64 Å². The van der Waals surface area contributed by atoms with Crippen LogP contribution in [-0.4, -0.2) is 50.0 Å². The Morgan fingerprint density at radius 2 is 2.32 bits per heavy atom. The Balaban J connectivity index is 1.37. The van der Waals surface area contributed by atoms with Gasteiger partial charge in [-0.15, -0.1) is 27.8 Å². The predicted octanol–water partition coefficient (Wildman–Crippen LogP) is 2.45. The number of carbonyl (C=O) groups excluding carboxylic acids is 1. The van der Waals surface area contributed by atoms with Crippen molar-refractivity contribution in [3.63, 3.8) is 0 Å². The van der Waals surface area contributed by atoms with Crippen LogP contribution < -0.4 is 0 Å². The summed E-state index contributed by atoms with van der Waals surface area (Å²) in [4.78, 5) is 20.4. The zero-order valence-electron chi connectivity index (χ0n) is 13.2. The van der Waals surface area contributed by atoms with Crippen molar-refractivity contribution in [1.82, 2.24) is 24.9 Å². The fourth-order valence-electron chi connectivity index (χ4n) is 3.41. The standard InChI is InChI=1S/C16H15N5O2S2/c22-16(11-9-25-15(18-11)14-2-1-5-24-14)20-4-3-13-12(7-20)21-10(8-23-13)6-17-19-21/h1-2,5-6,9,12-13H,3-4,7-8H2. The average Bonchev–Trinajstić information content (AvgIpc) is 3.41. The first-order chi connectivity index (χ1) is 12.3. The Hall–Kier alpha value is -2.10. The highest BCUT2D eigenvalue weighted by Gasteiger charge is 2.38. The molecule has 0 N–H and O–H groups in total. The van der Waals surface area contributed by atoms with E-state index in [9.17, 15) is 4.79 Å². The highest BCUT2D eigenvalue weighted by molar-refractivity contribution is 7.20. The molecule has 9 heteroatoms. The SMILES string of the molecule is O=C(c1csc(-c2cccs2)n1)N1CCC2OCc3cnnn3C2C1. The van der Waals surface area contributed by atoms with Gasteiger partial charge in [0.25, 0.3) is 5.91 Å². The van der Waals surface area contributed by atoms with Gasteiger partial charge in [-0.05, 0) is 17.9 Å². The smallest absolute Gasteiger partial charge is 0.273 e. The number of fused-ring (bicyclic) bond motifs is 3. The fraction of sp³-hybridized carbons (Fsp3) is 0.375. The maximum atomic E-state index is 12.9. The monoisotopic (exact) mass is 373 g/mol. The van der Waals surface area contributed by atoms with E-state index in [1.54, 1.807) is 17.5 Å². The molecule has 3 aromatic heterocycles. The van der Waals surface area contributed by atoms with Gasteiger partial charge in [0, 0.05) is 18.5 Å². The topological polar surface area (TPSA) is 73.1 Å². The fourth-order valence-corrected chi connectivity index (χ4v) is 5.02. The molecule has 0 aliphatic carbocycles. The third-order valence-electron chi connectivity index (χ3n) is 4.67. The summed E-state index contributed by atoms with van der Waals surface area (Å²) in [6.45, 7) is 1.79. The maximum absolute atomic E-state index is 12.9. The lowest BCUT2D eigenvalue weighted by molar-refractivity contribution is -0.0605. The third-order valence-corrected chi connectivity index (χ3v) is 6.55. The molecule has 0 bridgehead atoms. The van der Waals surface area contributed by atoms with Crippen LogP contribution in [0.15, 0.2) is 29.1 Å². The lowest BCUT2D eigenvalue weighted by Crippen LogP contribution is -2.50. The number of nitrogens with zero attached hydrogens (tertiary/aromatic N) is 5. The van der Waals surface area contributed by atoms with E-state index < -0.39 is 0 Å². The van der Waals surface area contributed by atoms with Gasteiger partial charge >= 0.3 is 0 Å². The number of rotatable bonds is 2. The van der Waals surface area contributed by atoms with Crippen molar-refractivity contribution in [2.24, 2.45) is 0 Å². The van der Waals surface area contributed by atoms with E-state index in [1.165, 1.54) is 11.3 Å². The highest BCUT2D eigenvalue weighted by atomic mass is 32.1. The predicted molar refractivity (Wildman–Crippen MR) is 93.6 cm³/mol. The van der Waals surface area contributed by atoms with Crippen LogP contribution in [0.3, 0.4) is 0 Å². The highest BCUT2D eigenvalue weighted by Crippen LogP contribution is 2.32. The maximum Gasteiger partial charge on any atom is 0.273 e. The first kappa shape index (κ1) is 15.2. The van der Waals surface area contributed by atoms with E-state index in [-0.39, 0.29) is 18.1 Å². The van der Waals surface area contributed by atoms with Crippen LogP contribution in [0.4, 0.5) is 0 Å². The number of thiazole rings is 1. The molecular formula is C16H15N5O2S2. The number of piperidine rings is 1. The van der Waals surface area contributed by atoms with Gasteiger partial charge in [0.2, 0.25) is 0 Å². The van der Waals surface area contributed by atoms with Gasteiger partial charge in [-0.2, -0.15) is 0 Å². The lowest BCUT2D eigenvalue weighted by Gasteiger charge is -2.40. The van der Waals surface area contributed by atoms with Crippen molar-refractivity contribution >= 4 is 28.6 Å².